The third-order valence-electron chi connectivity index (χ3n) is 6.16. The number of allylic oxidation sites excluding steroid dienone is 1. The van der Waals surface area contributed by atoms with Gasteiger partial charge in [-0.2, -0.15) is 0 Å². The monoisotopic (exact) mass is 437 g/mol. The number of carbonyl (C=O) groups excluding carboxylic acids is 1. The normalized spacial score (nSPS) is 25.1. The maximum atomic E-state index is 12.3. The zero-order valence-electron chi connectivity index (χ0n) is 17.0. The molecule has 0 aliphatic heterocycles. The Bertz CT molecular complexity index is 737. The molecule has 160 valence electrons. The molecule has 0 spiro atoms. The van der Waals surface area contributed by atoms with Crippen LogP contribution in [-0.4, -0.2) is 38.3 Å². The third kappa shape index (κ3) is 6.66. The summed E-state index contributed by atoms with van der Waals surface area (Å²) in [5.74, 6) is 1.00. The van der Waals surface area contributed by atoms with Crippen LogP contribution in [0.15, 0.2) is 21.9 Å². The minimum absolute atomic E-state index is 0.0254. The van der Waals surface area contributed by atoms with Crippen LogP contribution in [-0.2, 0) is 4.79 Å². The lowest BCUT2D eigenvalue weighted by atomic mass is 9.87. The van der Waals surface area contributed by atoms with Gasteiger partial charge >= 0.3 is 5.97 Å². The molecule has 1 aromatic heterocycles. The highest BCUT2D eigenvalue weighted by Gasteiger charge is 2.33. The number of aliphatic hydroxyl groups is 1. The van der Waals surface area contributed by atoms with E-state index in [9.17, 15) is 14.7 Å². The van der Waals surface area contributed by atoms with Gasteiger partial charge in [0.25, 0.3) is 0 Å². The predicted molar refractivity (Wildman–Crippen MR) is 117 cm³/mol. The van der Waals surface area contributed by atoms with Gasteiger partial charge in [0.1, 0.15) is 5.78 Å². The Balaban J connectivity index is 1.46. The van der Waals surface area contributed by atoms with Gasteiger partial charge in [0.05, 0.1) is 5.60 Å². The van der Waals surface area contributed by atoms with Crippen LogP contribution in [0, 0.1) is 17.8 Å². The number of rotatable bonds is 10. The van der Waals surface area contributed by atoms with Crippen molar-refractivity contribution in [2.75, 3.05) is 5.75 Å². The van der Waals surface area contributed by atoms with Crippen LogP contribution in [0.4, 0.5) is 0 Å². The molecule has 0 bridgehead atoms. The maximum Gasteiger partial charge on any atom is 0.355 e. The Labute approximate surface area is 181 Å². The molecule has 0 aromatic carbocycles. The topological polar surface area (TPSA) is 87.5 Å². The molecule has 2 N–H and O–H groups in total. The van der Waals surface area contributed by atoms with Crippen LogP contribution in [0.2, 0.25) is 0 Å². The Morgan fingerprint density at radius 3 is 2.83 bits per heavy atom. The van der Waals surface area contributed by atoms with Gasteiger partial charge in [0, 0.05) is 23.5 Å². The molecule has 1 heterocycles. The van der Waals surface area contributed by atoms with Crippen molar-refractivity contribution >= 4 is 34.9 Å². The van der Waals surface area contributed by atoms with E-state index in [-0.39, 0.29) is 17.5 Å². The number of carbonyl (C=O) groups is 2. The number of thioether (sulfide) groups is 1. The van der Waals surface area contributed by atoms with E-state index in [0.29, 0.717) is 24.5 Å². The smallest absolute Gasteiger partial charge is 0.355 e. The van der Waals surface area contributed by atoms with Gasteiger partial charge in [-0.15, -0.1) is 11.3 Å². The summed E-state index contributed by atoms with van der Waals surface area (Å²) in [7, 11) is 0. The molecular formula is C22H31NO4S2. The van der Waals surface area contributed by atoms with Gasteiger partial charge in [-0.25, -0.2) is 9.78 Å². The first-order valence-corrected chi connectivity index (χ1v) is 12.4. The first-order valence-electron chi connectivity index (χ1n) is 10.6. The minimum atomic E-state index is -1.01. The molecule has 5 nitrogen and oxygen atoms in total. The number of aromatic nitrogens is 1. The molecular weight excluding hydrogens is 406 g/mol. The van der Waals surface area contributed by atoms with Crippen molar-refractivity contribution in [3.8, 4) is 0 Å². The van der Waals surface area contributed by atoms with E-state index >= 15 is 0 Å². The highest BCUT2D eigenvalue weighted by atomic mass is 32.2. The van der Waals surface area contributed by atoms with Crippen molar-refractivity contribution in [2.45, 2.75) is 74.7 Å². The lowest BCUT2D eigenvalue weighted by molar-refractivity contribution is -0.121. The summed E-state index contributed by atoms with van der Waals surface area (Å²) in [6.45, 7) is 1.93. The number of carboxylic acids is 1. The average molecular weight is 438 g/mol. The highest BCUT2D eigenvalue weighted by molar-refractivity contribution is 8.01. The van der Waals surface area contributed by atoms with E-state index in [1.807, 2.05) is 6.92 Å². The van der Waals surface area contributed by atoms with Gasteiger partial charge in [-0.3, -0.25) is 4.79 Å². The first-order chi connectivity index (χ1) is 13.8. The fraction of sp³-hybridized carbons (Fsp3) is 0.682. The van der Waals surface area contributed by atoms with Crippen molar-refractivity contribution < 1.29 is 19.8 Å². The molecule has 7 heteroatoms. The van der Waals surface area contributed by atoms with E-state index in [2.05, 4.69) is 17.1 Å². The van der Waals surface area contributed by atoms with Crippen molar-refractivity contribution in [1.82, 2.24) is 4.98 Å². The van der Waals surface area contributed by atoms with Crippen LogP contribution >= 0.6 is 23.1 Å². The number of aromatic carboxylic acids is 1. The Hall–Kier alpha value is -1.18. The predicted octanol–water partition coefficient (Wildman–Crippen LogP) is 5.20. The molecule has 2 saturated carbocycles. The highest BCUT2D eigenvalue weighted by Crippen LogP contribution is 2.36. The van der Waals surface area contributed by atoms with Crippen molar-refractivity contribution in [1.29, 1.82) is 0 Å². The number of hydrogen-bond acceptors (Lipinski definition) is 6. The molecule has 0 radical (unpaired) electrons. The van der Waals surface area contributed by atoms with E-state index < -0.39 is 11.6 Å². The van der Waals surface area contributed by atoms with Crippen LogP contribution in [0.3, 0.4) is 0 Å². The van der Waals surface area contributed by atoms with Gasteiger partial charge in [-0.05, 0) is 44.4 Å². The van der Waals surface area contributed by atoms with Crippen LogP contribution in [0.25, 0.3) is 0 Å². The van der Waals surface area contributed by atoms with E-state index in [1.165, 1.54) is 48.8 Å². The second-order valence-electron chi connectivity index (χ2n) is 8.70. The molecule has 0 saturated heterocycles. The Kier molecular flexibility index (Phi) is 7.93. The van der Waals surface area contributed by atoms with E-state index in [1.54, 1.807) is 5.38 Å². The Morgan fingerprint density at radius 2 is 2.14 bits per heavy atom. The second kappa shape index (κ2) is 10.2. The first kappa shape index (κ1) is 22.5. The second-order valence-corrected chi connectivity index (χ2v) is 10.9. The number of carboxylic acid groups (broad SMARTS) is 1. The summed E-state index contributed by atoms with van der Waals surface area (Å²) in [6, 6.07) is 0. The Morgan fingerprint density at radius 1 is 1.38 bits per heavy atom. The molecule has 0 unspecified atom stereocenters. The molecule has 29 heavy (non-hydrogen) atoms. The van der Waals surface area contributed by atoms with Gasteiger partial charge in [0.2, 0.25) is 0 Å². The number of nitrogens with zero attached hydrogens (tertiary/aromatic N) is 1. The lowest BCUT2D eigenvalue weighted by Gasteiger charge is -2.25. The SMILES string of the molecule is C[C@@](O)(C/C=C/[C@H]1CCC(=O)[C@@H]1CCSc1nc(C(=O)O)cs1)CC1CCCC1. The summed E-state index contributed by atoms with van der Waals surface area (Å²) in [4.78, 5) is 27.3. The number of hydrogen-bond donors (Lipinski definition) is 2. The van der Waals surface area contributed by atoms with Crippen LogP contribution < -0.4 is 0 Å². The fourth-order valence-electron chi connectivity index (χ4n) is 4.65. The summed E-state index contributed by atoms with van der Waals surface area (Å²) < 4.78 is 0.739. The molecule has 3 rings (SSSR count). The summed E-state index contributed by atoms with van der Waals surface area (Å²) in [6.07, 6.45) is 13.1. The zero-order valence-corrected chi connectivity index (χ0v) is 18.6. The van der Waals surface area contributed by atoms with Crippen molar-refractivity contribution in [2.24, 2.45) is 17.8 Å². The zero-order chi connectivity index (χ0) is 20.9. The van der Waals surface area contributed by atoms with Crippen LogP contribution in [0.1, 0.15) is 75.2 Å². The van der Waals surface area contributed by atoms with Crippen LogP contribution in [0.5, 0.6) is 0 Å². The molecule has 2 fully saturated rings. The van der Waals surface area contributed by atoms with Crippen molar-refractivity contribution in [3.05, 3.63) is 23.2 Å². The molecule has 2 aliphatic rings. The summed E-state index contributed by atoms with van der Waals surface area (Å²) in [5.41, 5.74) is -0.577. The number of thiazole rings is 1. The number of ketones is 1. The van der Waals surface area contributed by atoms with Gasteiger partial charge in [0.15, 0.2) is 10.0 Å². The van der Waals surface area contributed by atoms with Gasteiger partial charge < -0.3 is 10.2 Å². The standard InChI is InChI=1S/C22H31NO4S2/c1-22(27,13-15-5-2-3-6-15)11-4-7-16-8-9-19(24)17(16)10-12-28-21-23-18(14-29-21)20(25)26/h4,7,14-17,27H,2-3,5-6,8-13H2,1H3,(H,25,26)/b7-4+/t16-,17+,22+/m0/s1. The molecule has 2 aliphatic carbocycles. The van der Waals surface area contributed by atoms with Crippen molar-refractivity contribution in [3.63, 3.8) is 0 Å². The quantitative estimate of drug-likeness (QED) is 0.387. The fourth-order valence-corrected chi connectivity index (χ4v) is 6.54. The minimum Gasteiger partial charge on any atom is -0.476 e. The third-order valence-corrected chi connectivity index (χ3v) is 8.21. The van der Waals surface area contributed by atoms with E-state index in [4.69, 9.17) is 5.11 Å². The average Bonchev–Trinajstić information content (AvgIpc) is 3.39. The maximum absolute atomic E-state index is 12.3. The van der Waals surface area contributed by atoms with Gasteiger partial charge in [-0.1, -0.05) is 49.6 Å². The summed E-state index contributed by atoms with van der Waals surface area (Å²) >= 11 is 2.86. The largest absolute Gasteiger partial charge is 0.476 e. The number of Topliss-reactive ketones (excluding diaryl/α,β-unsaturated/α-hetero) is 1. The molecule has 0 amide bonds. The van der Waals surface area contributed by atoms with E-state index in [0.717, 1.165) is 29.4 Å². The molecule has 3 atom stereocenters. The lowest BCUT2D eigenvalue weighted by Crippen LogP contribution is -2.26. The summed E-state index contributed by atoms with van der Waals surface area (Å²) in [5, 5.41) is 21.2. The molecule has 1 aromatic rings.